The zero-order chi connectivity index (χ0) is 26.5. The van der Waals surface area contributed by atoms with Crippen LogP contribution in [-0.4, -0.2) is 36.1 Å². The van der Waals surface area contributed by atoms with E-state index in [0.29, 0.717) is 45.4 Å². The van der Waals surface area contributed by atoms with E-state index in [0.717, 1.165) is 0 Å². The van der Waals surface area contributed by atoms with Gasteiger partial charge in [-0.2, -0.15) is 0 Å². The van der Waals surface area contributed by atoms with Gasteiger partial charge < -0.3 is 20.1 Å². The fraction of sp³-hybridized carbons (Fsp3) is 0.115. The first-order valence-corrected chi connectivity index (χ1v) is 11.9. The number of amides is 3. The van der Waals surface area contributed by atoms with E-state index in [-0.39, 0.29) is 10.7 Å². The molecule has 1 aromatic heterocycles. The summed E-state index contributed by atoms with van der Waals surface area (Å²) in [6.45, 7) is 2.18. The summed E-state index contributed by atoms with van der Waals surface area (Å²) in [5.74, 6) is -1.78. The summed E-state index contributed by atoms with van der Waals surface area (Å²) in [5, 5.41) is 6.47. The topological polar surface area (TPSA) is 111 Å². The number of aromatic nitrogens is 1. The monoisotopic (exact) mass is 540 g/mol. The lowest BCUT2D eigenvalue weighted by Crippen LogP contribution is -2.36. The van der Waals surface area contributed by atoms with Crippen molar-refractivity contribution in [2.75, 3.05) is 29.8 Å². The zero-order valence-corrected chi connectivity index (χ0v) is 21.3. The van der Waals surface area contributed by atoms with Crippen molar-refractivity contribution < 1.29 is 23.9 Å². The molecule has 0 aliphatic heterocycles. The minimum absolute atomic E-state index is 0.0291. The van der Waals surface area contributed by atoms with Crippen molar-refractivity contribution in [3.8, 4) is 11.5 Å². The minimum atomic E-state index is -1.02. The highest BCUT2D eigenvalue weighted by atomic mass is 35.5. The third-order valence-electron chi connectivity index (χ3n) is 5.27. The van der Waals surface area contributed by atoms with Crippen LogP contribution in [0.1, 0.15) is 17.4 Å². The van der Waals surface area contributed by atoms with Crippen LogP contribution in [0.2, 0.25) is 10.0 Å². The molecule has 3 aromatic carbocycles. The lowest BCUT2D eigenvalue weighted by molar-refractivity contribution is -0.133. The van der Waals surface area contributed by atoms with E-state index in [2.05, 4.69) is 16.1 Å². The summed E-state index contributed by atoms with van der Waals surface area (Å²) in [6, 6.07) is 18.1. The second-order valence-corrected chi connectivity index (χ2v) is 8.51. The largest absolute Gasteiger partial charge is 0.494 e. The Morgan fingerprint density at radius 3 is 2.35 bits per heavy atom. The van der Waals surface area contributed by atoms with Crippen LogP contribution in [0.3, 0.4) is 0 Å². The Morgan fingerprint density at radius 2 is 1.62 bits per heavy atom. The number of anilines is 2. The number of hydrogen-bond acceptors (Lipinski definition) is 5. The van der Waals surface area contributed by atoms with Gasteiger partial charge in [-0.25, -0.2) is 4.68 Å². The van der Waals surface area contributed by atoms with Gasteiger partial charge in [-0.3, -0.25) is 19.8 Å². The Labute approximate surface area is 222 Å². The maximum absolute atomic E-state index is 13.3. The van der Waals surface area contributed by atoms with E-state index in [4.69, 9.17) is 32.7 Å². The molecule has 11 heteroatoms. The van der Waals surface area contributed by atoms with Gasteiger partial charge in [0.25, 0.3) is 5.91 Å². The van der Waals surface area contributed by atoms with Crippen LogP contribution in [0.4, 0.5) is 11.4 Å². The molecule has 0 bridgehead atoms. The number of nitrogens with zero attached hydrogens (tertiary/aromatic N) is 1. The highest BCUT2D eigenvalue weighted by Crippen LogP contribution is 2.30. The molecule has 4 aromatic rings. The molecule has 9 nitrogen and oxygen atoms in total. The Hall–Kier alpha value is -4.21. The number of carbonyl (C=O) groups is 3. The second kappa shape index (κ2) is 11.2. The summed E-state index contributed by atoms with van der Waals surface area (Å²) in [7, 11) is 1.46. The second-order valence-electron chi connectivity index (χ2n) is 7.67. The number of hydrogen-bond donors (Lipinski definition) is 3. The van der Waals surface area contributed by atoms with Crippen LogP contribution < -0.4 is 25.5 Å². The fourth-order valence-electron chi connectivity index (χ4n) is 3.64. The van der Waals surface area contributed by atoms with Crippen molar-refractivity contribution in [1.29, 1.82) is 0 Å². The highest BCUT2D eigenvalue weighted by molar-refractivity contribution is 6.42. The minimum Gasteiger partial charge on any atom is -0.494 e. The van der Waals surface area contributed by atoms with E-state index in [9.17, 15) is 14.4 Å². The number of rotatable bonds is 7. The predicted octanol–water partition coefficient (Wildman–Crippen LogP) is 5.32. The normalized spacial score (nSPS) is 10.6. The van der Waals surface area contributed by atoms with Gasteiger partial charge in [0.15, 0.2) is 0 Å². The third kappa shape index (κ3) is 5.63. The first kappa shape index (κ1) is 25.9. The Kier molecular flexibility index (Phi) is 7.86. The van der Waals surface area contributed by atoms with Crippen molar-refractivity contribution >= 4 is 63.2 Å². The number of methoxy groups -OCH3 is 1. The fourth-order valence-corrected chi connectivity index (χ4v) is 4.09. The quantitative estimate of drug-likeness (QED) is 0.275. The van der Waals surface area contributed by atoms with Crippen LogP contribution in [0, 0.1) is 0 Å². The number of nitrogens with one attached hydrogen (secondary N) is 3. The van der Waals surface area contributed by atoms with Gasteiger partial charge in [-0.15, -0.1) is 0 Å². The number of halogens is 2. The van der Waals surface area contributed by atoms with Gasteiger partial charge in [0, 0.05) is 10.4 Å². The third-order valence-corrected chi connectivity index (χ3v) is 5.82. The van der Waals surface area contributed by atoms with Gasteiger partial charge in [-0.05, 0) is 49.4 Å². The van der Waals surface area contributed by atoms with Crippen LogP contribution in [0.25, 0.3) is 10.9 Å². The molecule has 0 saturated heterocycles. The molecule has 0 fully saturated rings. The Morgan fingerprint density at radius 1 is 0.865 bits per heavy atom. The van der Waals surface area contributed by atoms with Gasteiger partial charge in [0.1, 0.15) is 22.7 Å². The summed E-state index contributed by atoms with van der Waals surface area (Å²) in [6.07, 6.45) is 0. The summed E-state index contributed by atoms with van der Waals surface area (Å²) in [5.41, 5.74) is 3.56. The van der Waals surface area contributed by atoms with Gasteiger partial charge in [-0.1, -0.05) is 47.5 Å². The molecule has 0 atom stereocenters. The van der Waals surface area contributed by atoms with Gasteiger partial charge in [0.2, 0.25) is 0 Å². The molecular formula is C26H22Cl2N4O5. The number of fused-ring (bicyclic) bond motifs is 1. The first-order chi connectivity index (χ1) is 17.8. The average Bonchev–Trinajstić information content (AvgIpc) is 3.25. The molecule has 37 heavy (non-hydrogen) atoms. The van der Waals surface area contributed by atoms with Gasteiger partial charge in [0.05, 0.1) is 30.1 Å². The predicted molar refractivity (Wildman–Crippen MR) is 144 cm³/mol. The lowest BCUT2D eigenvalue weighted by atomic mass is 10.2. The van der Waals surface area contributed by atoms with Crippen LogP contribution in [0.5, 0.6) is 11.5 Å². The SMILES string of the molecule is CCOc1ccccc1NC(=O)C(=O)Nn1c(C(=O)Nc2ccc(Cl)cc2Cl)cc2cccc(OC)c21. The number of ether oxygens (including phenoxy) is 2. The van der Waals surface area contributed by atoms with E-state index in [1.165, 1.54) is 17.9 Å². The van der Waals surface area contributed by atoms with Crippen LogP contribution in [-0.2, 0) is 9.59 Å². The molecule has 0 spiro atoms. The molecule has 0 saturated carbocycles. The van der Waals surface area contributed by atoms with Crippen molar-refractivity contribution in [2.45, 2.75) is 6.92 Å². The summed E-state index contributed by atoms with van der Waals surface area (Å²) < 4.78 is 12.1. The van der Waals surface area contributed by atoms with Crippen molar-refractivity contribution in [3.05, 3.63) is 82.5 Å². The number of carbonyl (C=O) groups excluding carboxylic acids is 3. The lowest BCUT2D eigenvalue weighted by Gasteiger charge is -2.15. The van der Waals surface area contributed by atoms with Gasteiger partial charge >= 0.3 is 11.8 Å². The molecule has 3 N–H and O–H groups in total. The molecule has 0 aliphatic carbocycles. The molecule has 0 aliphatic rings. The molecule has 0 unspecified atom stereocenters. The first-order valence-electron chi connectivity index (χ1n) is 11.1. The van der Waals surface area contributed by atoms with E-state index in [1.807, 2.05) is 0 Å². The summed E-state index contributed by atoms with van der Waals surface area (Å²) >= 11 is 12.2. The molecular weight excluding hydrogens is 519 g/mol. The maximum Gasteiger partial charge on any atom is 0.328 e. The molecule has 4 rings (SSSR count). The Balaban J connectivity index is 1.67. The maximum atomic E-state index is 13.3. The number of benzene rings is 3. The molecule has 0 radical (unpaired) electrons. The summed E-state index contributed by atoms with van der Waals surface area (Å²) in [4.78, 5) is 39.0. The molecule has 3 amide bonds. The van der Waals surface area contributed by atoms with E-state index < -0.39 is 17.7 Å². The molecule has 1 heterocycles. The van der Waals surface area contributed by atoms with E-state index in [1.54, 1.807) is 67.6 Å². The molecule has 190 valence electrons. The van der Waals surface area contributed by atoms with Crippen molar-refractivity contribution in [1.82, 2.24) is 4.68 Å². The highest BCUT2D eigenvalue weighted by Gasteiger charge is 2.24. The Bertz CT molecular complexity index is 1500. The van der Waals surface area contributed by atoms with E-state index >= 15 is 0 Å². The number of para-hydroxylation sites is 3. The van der Waals surface area contributed by atoms with Crippen LogP contribution >= 0.6 is 23.2 Å². The van der Waals surface area contributed by atoms with Crippen molar-refractivity contribution in [3.63, 3.8) is 0 Å². The smallest absolute Gasteiger partial charge is 0.328 e. The zero-order valence-electron chi connectivity index (χ0n) is 19.8. The standard InChI is InChI=1S/C26H22Cl2N4O5/c1-3-37-21-9-5-4-8-19(21)30-25(34)26(35)31-32-20(13-15-7-6-10-22(36-2)23(15)32)24(33)29-18-12-11-16(27)14-17(18)28/h4-14H,3H2,1-2H3,(H,29,33)(H,30,34)(H,31,35). The van der Waals surface area contributed by atoms with Crippen LogP contribution in [0.15, 0.2) is 66.7 Å². The average molecular weight is 541 g/mol. The van der Waals surface area contributed by atoms with Crippen molar-refractivity contribution in [2.24, 2.45) is 0 Å².